The lowest BCUT2D eigenvalue weighted by Crippen LogP contribution is -2.41. The second-order valence-corrected chi connectivity index (χ2v) is 6.06. The lowest BCUT2D eigenvalue weighted by molar-refractivity contribution is -0.107. The molecule has 4 nitrogen and oxygen atoms in total. The Morgan fingerprint density at radius 2 is 1.84 bits per heavy atom. The number of rotatable bonds is 3. The number of carbonyl (C=O) groups excluding carboxylic acids is 1. The van der Waals surface area contributed by atoms with Crippen molar-refractivity contribution in [2.75, 3.05) is 0 Å². The normalized spacial score (nSPS) is 20.6. The van der Waals surface area contributed by atoms with Crippen molar-refractivity contribution in [3.63, 3.8) is 0 Å². The van der Waals surface area contributed by atoms with Crippen LogP contribution in [0.2, 0.25) is 5.02 Å². The number of carbonyl (C=O) groups is 1. The first-order valence-corrected chi connectivity index (χ1v) is 6.58. The maximum Gasteiger partial charge on any atom is 0.496 e. The first-order valence-electron chi connectivity index (χ1n) is 6.20. The van der Waals surface area contributed by atoms with Crippen LogP contribution in [0.5, 0.6) is 0 Å². The van der Waals surface area contributed by atoms with Gasteiger partial charge in [-0.3, -0.25) is 4.98 Å². The summed E-state index contributed by atoms with van der Waals surface area (Å²) in [6.07, 6.45) is 4.23. The predicted molar refractivity (Wildman–Crippen MR) is 74.7 cm³/mol. The van der Waals surface area contributed by atoms with Gasteiger partial charge in [-0.25, -0.2) is 0 Å². The molecule has 2 rings (SSSR count). The molecule has 0 aliphatic carbocycles. The summed E-state index contributed by atoms with van der Waals surface area (Å²) in [5.41, 5.74) is 0.550. The summed E-state index contributed by atoms with van der Waals surface area (Å²) in [7, 11) is -0.574. The van der Waals surface area contributed by atoms with Gasteiger partial charge in [-0.15, -0.1) is 0 Å². The summed E-state index contributed by atoms with van der Waals surface area (Å²) >= 11 is 6.19. The van der Waals surface area contributed by atoms with E-state index in [0.717, 1.165) is 11.8 Å². The van der Waals surface area contributed by atoms with Gasteiger partial charge in [0.2, 0.25) is 0 Å². The zero-order valence-electron chi connectivity index (χ0n) is 11.6. The minimum Gasteiger partial charge on any atom is -0.399 e. The van der Waals surface area contributed by atoms with Gasteiger partial charge in [0.1, 0.15) is 6.29 Å². The molecule has 19 heavy (non-hydrogen) atoms. The molecule has 0 amide bonds. The summed E-state index contributed by atoms with van der Waals surface area (Å²) < 4.78 is 11.9. The average Bonchev–Trinajstić information content (AvgIpc) is 2.48. The largest absolute Gasteiger partial charge is 0.496 e. The predicted octanol–water partition coefficient (Wildman–Crippen LogP) is 1.78. The van der Waals surface area contributed by atoms with Gasteiger partial charge in [-0.2, -0.15) is 0 Å². The molecule has 1 aromatic heterocycles. The Balaban J connectivity index is 2.41. The van der Waals surface area contributed by atoms with Crippen LogP contribution in [0, 0.1) is 0 Å². The van der Waals surface area contributed by atoms with E-state index in [4.69, 9.17) is 20.9 Å². The number of aldehydes is 1. The molecule has 6 heteroatoms. The fourth-order valence-corrected chi connectivity index (χ4v) is 2.23. The fraction of sp³-hybridized carbons (Fsp3) is 0.538. The zero-order chi connectivity index (χ0) is 14.3. The van der Waals surface area contributed by atoms with E-state index < -0.39 is 18.3 Å². The number of hydrogen-bond acceptors (Lipinski definition) is 4. The standard InChI is InChI=1S/C13H17BClNO3/c1-12(2)13(3,4)19-14(18-12)11-9(5-6-17)7-16-8-10(11)15/h6-8H,5H2,1-4H3. The van der Waals surface area contributed by atoms with Gasteiger partial charge in [0.05, 0.1) is 16.2 Å². The highest BCUT2D eigenvalue weighted by molar-refractivity contribution is 6.66. The topological polar surface area (TPSA) is 48.4 Å². The number of pyridine rings is 1. The van der Waals surface area contributed by atoms with Crippen molar-refractivity contribution < 1.29 is 14.1 Å². The summed E-state index contributed by atoms with van der Waals surface area (Å²) in [6.45, 7) is 7.89. The number of hydrogen-bond donors (Lipinski definition) is 0. The molecule has 0 unspecified atom stereocenters. The molecule has 0 radical (unpaired) electrons. The van der Waals surface area contributed by atoms with Crippen molar-refractivity contribution in [2.45, 2.75) is 45.3 Å². The minimum atomic E-state index is -0.574. The molecule has 0 atom stereocenters. The van der Waals surface area contributed by atoms with Crippen LogP contribution in [0.4, 0.5) is 0 Å². The summed E-state index contributed by atoms with van der Waals surface area (Å²) in [5, 5.41) is 0.456. The molecule has 0 aromatic carbocycles. The molecule has 1 saturated heterocycles. The van der Waals surface area contributed by atoms with Crippen molar-refractivity contribution in [2.24, 2.45) is 0 Å². The molecule has 1 aliphatic rings. The molecule has 0 saturated carbocycles. The van der Waals surface area contributed by atoms with Gasteiger partial charge in [0.25, 0.3) is 0 Å². The van der Waals surface area contributed by atoms with Gasteiger partial charge in [-0.1, -0.05) is 11.6 Å². The van der Waals surface area contributed by atoms with Gasteiger partial charge in [0, 0.05) is 24.3 Å². The lowest BCUT2D eigenvalue weighted by atomic mass is 9.76. The van der Waals surface area contributed by atoms with E-state index in [1.165, 1.54) is 6.20 Å². The molecule has 2 heterocycles. The maximum atomic E-state index is 10.8. The smallest absolute Gasteiger partial charge is 0.399 e. The highest BCUT2D eigenvalue weighted by Crippen LogP contribution is 2.37. The molecule has 1 aromatic rings. The monoisotopic (exact) mass is 281 g/mol. The first-order chi connectivity index (χ1) is 8.78. The van der Waals surface area contributed by atoms with E-state index in [9.17, 15) is 4.79 Å². The third-order valence-electron chi connectivity index (χ3n) is 3.81. The van der Waals surface area contributed by atoms with E-state index in [2.05, 4.69) is 4.98 Å². The fourth-order valence-electron chi connectivity index (χ4n) is 1.96. The van der Waals surface area contributed by atoms with Crippen LogP contribution in [0.3, 0.4) is 0 Å². The Labute approximate surface area is 118 Å². The summed E-state index contributed by atoms with van der Waals surface area (Å²) in [5.74, 6) is 0. The minimum absolute atomic E-state index is 0.243. The van der Waals surface area contributed by atoms with Crippen LogP contribution in [-0.2, 0) is 20.5 Å². The molecular weight excluding hydrogens is 264 g/mol. The van der Waals surface area contributed by atoms with Crippen LogP contribution in [-0.4, -0.2) is 29.6 Å². The Kier molecular flexibility index (Phi) is 3.73. The lowest BCUT2D eigenvalue weighted by Gasteiger charge is -2.32. The molecule has 0 spiro atoms. The number of nitrogens with zero attached hydrogens (tertiary/aromatic N) is 1. The van der Waals surface area contributed by atoms with Crippen molar-refractivity contribution in [3.05, 3.63) is 23.0 Å². The van der Waals surface area contributed by atoms with E-state index in [1.54, 1.807) is 6.20 Å². The Hall–Kier alpha value is -0.905. The van der Waals surface area contributed by atoms with Gasteiger partial charge < -0.3 is 14.1 Å². The van der Waals surface area contributed by atoms with Crippen molar-refractivity contribution in [1.29, 1.82) is 0 Å². The molecule has 0 bridgehead atoms. The first kappa shape index (κ1) is 14.5. The molecule has 1 fully saturated rings. The molecule has 1 aliphatic heterocycles. The van der Waals surface area contributed by atoms with Crippen LogP contribution in [0.15, 0.2) is 12.4 Å². The Morgan fingerprint density at radius 3 is 2.37 bits per heavy atom. The van der Waals surface area contributed by atoms with Crippen LogP contribution >= 0.6 is 11.6 Å². The third-order valence-corrected chi connectivity index (χ3v) is 4.11. The van der Waals surface area contributed by atoms with Gasteiger partial charge in [0.15, 0.2) is 0 Å². The third kappa shape index (κ3) is 2.55. The second-order valence-electron chi connectivity index (χ2n) is 5.65. The van der Waals surface area contributed by atoms with Crippen molar-refractivity contribution in [1.82, 2.24) is 4.98 Å². The summed E-state index contributed by atoms with van der Waals surface area (Å²) in [4.78, 5) is 14.8. The van der Waals surface area contributed by atoms with E-state index >= 15 is 0 Å². The Bertz CT molecular complexity index is 489. The van der Waals surface area contributed by atoms with Crippen LogP contribution in [0.25, 0.3) is 0 Å². The Morgan fingerprint density at radius 1 is 1.26 bits per heavy atom. The van der Waals surface area contributed by atoms with E-state index in [0.29, 0.717) is 10.5 Å². The highest BCUT2D eigenvalue weighted by atomic mass is 35.5. The van der Waals surface area contributed by atoms with Gasteiger partial charge in [-0.05, 0) is 33.3 Å². The van der Waals surface area contributed by atoms with E-state index in [1.807, 2.05) is 27.7 Å². The second kappa shape index (κ2) is 4.89. The maximum absolute atomic E-state index is 10.8. The van der Waals surface area contributed by atoms with Crippen molar-refractivity contribution >= 4 is 30.5 Å². The number of halogens is 1. The SMILES string of the molecule is CC1(C)OB(c2c(Cl)cncc2CC=O)OC1(C)C. The van der Waals surface area contributed by atoms with Gasteiger partial charge >= 0.3 is 7.12 Å². The average molecular weight is 282 g/mol. The van der Waals surface area contributed by atoms with Crippen LogP contribution in [0.1, 0.15) is 33.3 Å². The molecular formula is C13H17BClNO3. The van der Waals surface area contributed by atoms with Crippen molar-refractivity contribution in [3.8, 4) is 0 Å². The molecule has 102 valence electrons. The zero-order valence-corrected chi connectivity index (χ0v) is 12.3. The number of aromatic nitrogens is 1. The molecule has 0 N–H and O–H groups in total. The summed E-state index contributed by atoms with van der Waals surface area (Å²) in [6, 6.07) is 0. The highest BCUT2D eigenvalue weighted by Gasteiger charge is 2.52. The van der Waals surface area contributed by atoms with Crippen LogP contribution < -0.4 is 5.46 Å². The quantitative estimate of drug-likeness (QED) is 0.626. The van der Waals surface area contributed by atoms with E-state index in [-0.39, 0.29) is 6.42 Å².